The van der Waals surface area contributed by atoms with Crippen molar-refractivity contribution in [2.75, 3.05) is 12.3 Å². The van der Waals surface area contributed by atoms with Crippen molar-refractivity contribution < 1.29 is 8.42 Å². The van der Waals surface area contributed by atoms with Crippen LogP contribution in [0.15, 0.2) is 0 Å². The molecular weight excluding hydrogens is 234 g/mol. The Morgan fingerprint density at radius 2 is 2.06 bits per heavy atom. The van der Waals surface area contributed by atoms with Crippen LogP contribution < -0.4 is 5.73 Å². The molecular formula is C13H27NO2S. The van der Waals surface area contributed by atoms with E-state index in [0.717, 1.165) is 25.2 Å². The van der Waals surface area contributed by atoms with E-state index in [2.05, 4.69) is 6.92 Å². The zero-order valence-electron chi connectivity index (χ0n) is 11.4. The minimum atomic E-state index is -2.91. The Balaban J connectivity index is 2.60. The summed E-state index contributed by atoms with van der Waals surface area (Å²) in [5, 5.41) is -0.263. The molecule has 1 fully saturated rings. The third-order valence-corrected chi connectivity index (χ3v) is 6.66. The summed E-state index contributed by atoms with van der Waals surface area (Å²) in [7, 11) is -2.91. The maximum absolute atomic E-state index is 11.9. The van der Waals surface area contributed by atoms with Crippen LogP contribution in [0.3, 0.4) is 0 Å². The Labute approximate surface area is 106 Å². The third kappa shape index (κ3) is 3.68. The fraction of sp³-hybridized carbons (Fsp3) is 1.00. The van der Waals surface area contributed by atoms with Crippen LogP contribution in [-0.4, -0.2) is 26.0 Å². The molecule has 0 bridgehead atoms. The monoisotopic (exact) mass is 261 g/mol. The molecule has 0 amide bonds. The van der Waals surface area contributed by atoms with Gasteiger partial charge in [-0.25, -0.2) is 8.42 Å². The van der Waals surface area contributed by atoms with Crippen LogP contribution in [-0.2, 0) is 9.84 Å². The number of nitrogens with two attached hydrogens (primary N) is 1. The first-order chi connectivity index (χ1) is 7.85. The summed E-state index contributed by atoms with van der Waals surface area (Å²) in [6.45, 7) is 6.36. The third-order valence-electron chi connectivity index (χ3n) is 4.45. The second-order valence-electron chi connectivity index (χ2n) is 5.89. The molecule has 0 aromatic heterocycles. The molecule has 2 N–H and O–H groups in total. The predicted molar refractivity (Wildman–Crippen MR) is 72.7 cm³/mol. The van der Waals surface area contributed by atoms with Gasteiger partial charge in [0.25, 0.3) is 0 Å². The molecule has 17 heavy (non-hydrogen) atoms. The maximum Gasteiger partial charge on any atom is 0.152 e. The second-order valence-corrected chi connectivity index (χ2v) is 8.56. The molecule has 102 valence electrons. The van der Waals surface area contributed by atoms with Gasteiger partial charge in [-0.05, 0) is 57.4 Å². The lowest BCUT2D eigenvalue weighted by Gasteiger charge is -2.28. The Morgan fingerprint density at radius 3 is 2.47 bits per heavy atom. The average molecular weight is 261 g/mol. The summed E-state index contributed by atoms with van der Waals surface area (Å²) in [6, 6.07) is 0. The summed E-state index contributed by atoms with van der Waals surface area (Å²) in [4.78, 5) is 0. The molecule has 3 nitrogen and oxygen atoms in total. The molecule has 0 spiro atoms. The van der Waals surface area contributed by atoms with E-state index < -0.39 is 9.84 Å². The highest BCUT2D eigenvalue weighted by molar-refractivity contribution is 7.91. The molecule has 1 rings (SSSR count). The Bertz CT molecular complexity index is 337. The van der Waals surface area contributed by atoms with Gasteiger partial charge in [0.05, 0.1) is 11.0 Å². The topological polar surface area (TPSA) is 60.2 Å². The summed E-state index contributed by atoms with van der Waals surface area (Å²) < 4.78 is 23.7. The summed E-state index contributed by atoms with van der Waals surface area (Å²) in [5.41, 5.74) is 6.00. The summed E-state index contributed by atoms with van der Waals surface area (Å²) in [6.07, 6.45) is 5.39. The van der Waals surface area contributed by atoms with Gasteiger partial charge in [0.15, 0.2) is 9.84 Å². The van der Waals surface area contributed by atoms with Gasteiger partial charge in [-0.2, -0.15) is 0 Å². The fourth-order valence-electron chi connectivity index (χ4n) is 2.78. The Morgan fingerprint density at radius 1 is 1.41 bits per heavy atom. The fourth-order valence-corrected chi connectivity index (χ4v) is 3.97. The van der Waals surface area contributed by atoms with Gasteiger partial charge in [-0.3, -0.25) is 0 Å². The van der Waals surface area contributed by atoms with Crippen molar-refractivity contribution in [2.45, 2.75) is 58.1 Å². The highest BCUT2D eigenvalue weighted by Crippen LogP contribution is 2.45. The van der Waals surface area contributed by atoms with Crippen molar-refractivity contribution in [3.05, 3.63) is 0 Å². The molecule has 2 atom stereocenters. The van der Waals surface area contributed by atoms with E-state index in [1.807, 2.05) is 0 Å². The minimum Gasteiger partial charge on any atom is -0.330 e. The van der Waals surface area contributed by atoms with Crippen LogP contribution in [0.1, 0.15) is 52.9 Å². The van der Waals surface area contributed by atoms with Crippen LogP contribution in [0.2, 0.25) is 0 Å². The maximum atomic E-state index is 11.9. The van der Waals surface area contributed by atoms with Gasteiger partial charge in [0, 0.05) is 0 Å². The van der Waals surface area contributed by atoms with E-state index in [1.165, 1.54) is 12.8 Å². The normalized spacial score (nSPS) is 30.1. The first-order valence-electron chi connectivity index (χ1n) is 6.77. The highest BCUT2D eigenvalue weighted by Gasteiger charge is 2.38. The highest BCUT2D eigenvalue weighted by atomic mass is 32.2. The SMILES string of the molecule is CCC1CCC(CN)(CCS(=O)(=O)C(C)C)C1. The Hall–Kier alpha value is -0.0900. The van der Waals surface area contributed by atoms with E-state index in [4.69, 9.17) is 5.73 Å². The largest absolute Gasteiger partial charge is 0.330 e. The zero-order chi connectivity index (χ0) is 13.1. The van der Waals surface area contributed by atoms with Crippen molar-refractivity contribution in [3.8, 4) is 0 Å². The Kier molecular flexibility index (Phi) is 5.02. The molecule has 0 radical (unpaired) electrons. The molecule has 0 aliphatic heterocycles. The second kappa shape index (κ2) is 5.70. The quantitative estimate of drug-likeness (QED) is 0.798. The van der Waals surface area contributed by atoms with Crippen molar-refractivity contribution in [1.29, 1.82) is 0 Å². The average Bonchev–Trinajstić information content (AvgIpc) is 2.71. The van der Waals surface area contributed by atoms with E-state index in [-0.39, 0.29) is 10.7 Å². The summed E-state index contributed by atoms with van der Waals surface area (Å²) >= 11 is 0. The first kappa shape index (κ1) is 15.0. The van der Waals surface area contributed by atoms with Gasteiger partial charge in [-0.15, -0.1) is 0 Å². The number of hydrogen-bond acceptors (Lipinski definition) is 3. The minimum absolute atomic E-state index is 0.0998. The van der Waals surface area contributed by atoms with E-state index in [0.29, 0.717) is 12.3 Å². The predicted octanol–water partition coefficient (Wildman–Crippen LogP) is 2.35. The van der Waals surface area contributed by atoms with E-state index in [9.17, 15) is 8.42 Å². The van der Waals surface area contributed by atoms with E-state index >= 15 is 0 Å². The van der Waals surface area contributed by atoms with Crippen molar-refractivity contribution in [3.63, 3.8) is 0 Å². The number of hydrogen-bond donors (Lipinski definition) is 1. The number of sulfone groups is 1. The van der Waals surface area contributed by atoms with Gasteiger partial charge >= 0.3 is 0 Å². The van der Waals surface area contributed by atoms with Crippen molar-refractivity contribution >= 4 is 9.84 Å². The van der Waals surface area contributed by atoms with Gasteiger partial charge < -0.3 is 5.73 Å². The molecule has 0 aromatic rings. The standard InChI is InChI=1S/C13H27NO2S/c1-4-12-5-6-13(9-12,10-14)7-8-17(15,16)11(2)3/h11-12H,4-10,14H2,1-3H3. The van der Waals surface area contributed by atoms with Crippen LogP contribution in [0.4, 0.5) is 0 Å². The molecule has 4 heteroatoms. The molecule has 1 aliphatic carbocycles. The van der Waals surface area contributed by atoms with Gasteiger partial charge in [0.2, 0.25) is 0 Å². The molecule has 0 saturated heterocycles. The van der Waals surface area contributed by atoms with Gasteiger partial charge in [0.1, 0.15) is 0 Å². The van der Waals surface area contributed by atoms with Crippen LogP contribution in [0.25, 0.3) is 0 Å². The number of rotatable bonds is 6. The smallest absolute Gasteiger partial charge is 0.152 e. The molecule has 1 saturated carbocycles. The van der Waals surface area contributed by atoms with Crippen LogP contribution in [0.5, 0.6) is 0 Å². The van der Waals surface area contributed by atoms with Crippen molar-refractivity contribution in [1.82, 2.24) is 0 Å². The van der Waals surface area contributed by atoms with Crippen molar-refractivity contribution in [2.24, 2.45) is 17.1 Å². The summed E-state index contributed by atoms with van der Waals surface area (Å²) in [5.74, 6) is 1.05. The zero-order valence-corrected chi connectivity index (χ0v) is 12.2. The lowest BCUT2D eigenvalue weighted by Crippen LogP contribution is -2.31. The lowest BCUT2D eigenvalue weighted by molar-refractivity contribution is 0.282. The van der Waals surface area contributed by atoms with E-state index in [1.54, 1.807) is 13.8 Å². The van der Waals surface area contributed by atoms with Crippen LogP contribution >= 0.6 is 0 Å². The molecule has 0 aromatic carbocycles. The molecule has 0 heterocycles. The molecule has 1 aliphatic rings. The lowest BCUT2D eigenvalue weighted by atomic mass is 9.82. The first-order valence-corrected chi connectivity index (χ1v) is 8.48. The molecule has 2 unspecified atom stereocenters. The van der Waals surface area contributed by atoms with Crippen LogP contribution in [0, 0.1) is 11.3 Å². The van der Waals surface area contributed by atoms with Gasteiger partial charge in [-0.1, -0.05) is 13.3 Å².